The first-order chi connectivity index (χ1) is 17.9. The van der Waals surface area contributed by atoms with Crippen LogP contribution < -0.4 is 0 Å². The van der Waals surface area contributed by atoms with Crippen LogP contribution in [0.5, 0.6) is 0 Å². The summed E-state index contributed by atoms with van der Waals surface area (Å²) < 4.78 is 37.8. The quantitative estimate of drug-likeness (QED) is 0.159. The zero-order valence-electron chi connectivity index (χ0n) is 21.7. The van der Waals surface area contributed by atoms with Gasteiger partial charge in [0.05, 0.1) is 19.8 Å². The van der Waals surface area contributed by atoms with Crippen LogP contribution in [0.3, 0.4) is 0 Å². The second-order valence-electron chi connectivity index (χ2n) is 8.05. The average Bonchev–Trinajstić information content (AvgIpc) is 3.43. The highest BCUT2D eigenvalue weighted by Gasteiger charge is 2.64. The summed E-state index contributed by atoms with van der Waals surface area (Å²) in [5.74, 6) is -2.33. The van der Waals surface area contributed by atoms with Gasteiger partial charge in [-0.3, -0.25) is 14.4 Å². The molecule has 1 aromatic heterocycles. The lowest BCUT2D eigenvalue weighted by Crippen LogP contribution is -2.57. The molecule has 1 aliphatic heterocycles. The number of rotatable bonds is 12. The number of thiophene rings is 1. The molecule has 1 aromatic rings. The van der Waals surface area contributed by atoms with Gasteiger partial charge in [-0.25, -0.2) is 9.59 Å². The maximum absolute atomic E-state index is 13.2. The number of ether oxygens (including phenoxy) is 7. The van der Waals surface area contributed by atoms with E-state index in [9.17, 15) is 24.0 Å². The zero-order chi connectivity index (χ0) is 28.5. The summed E-state index contributed by atoms with van der Waals surface area (Å²) in [5.41, 5.74) is -3.89. The van der Waals surface area contributed by atoms with Gasteiger partial charge in [0.25, 0.3) is 5.60 Å². The van der Waals surface area contributed by atoms with Crippen molar-refractivity contribution in [1.82, 2.24) is 0 Å². The summed E-state index contributed by atoms with van der Waals surface area (Å²) in [4.78, 5) is 62.0. The number of carbonyl (C=O) groups is 5. The van der Waals surface area contributed by atoms with Crippen molar-refractivity contribution in [3.05, 3.63) is 22.4 Å². The minimum atomic E-state index is -2.30. The van der Waals surface area contributed by atoms with Crippen molar-refractivity contribution < 1.29 is 57.1 Å². The third-order valence-corrected chi connectivity index (χ3v) is 6.02. The minimum absolute atomic E-state index is 0.0717. The Balaban J connectivity index is 2.57. The fourth-order valence-corrected chi connectivity index (χ4v) is 4.48. The van der Waals surface area contributed by atoms with Gasteiger partial charge >= 0.3 is 29.8 Å². The Kier molecular flexibility index (Phi) is 10.8. The van der Waals surface area contributed by atoms with E-state index in [1.54, 1.807) is 30.7 Å². The van der Waals surface area contributed by atoms with Crippen molar-refractivity contribution in [2.45, 2.75) is 70.7 Å². The van der Waals surface area contributed by atoms with E-state index in [4.69, 9.17) is 39.6 Å². The molecular weight excluding hydrogens is 524 g/mol. The van der Waals surface area contributed by atoms with Crippen LogP contribution in [-0.2, 0) is 63.6 Å². The summed E-state index contributed by atoms with van der Waals surface area (Å²) in [6, 6.07) is 1.69. The molecule has 1 saturated heterocycles. The Morgan fingerprint density at radius 3 is 2.08 bits per heavy atom. The van der Waals surface area contributed by atoms with Crippen LogP contribution in [0.4, 0.5) is 0 Å². The van der Waals surface area contributed by atoms with Crippen molar-refractivity contribution in [1.29, 1.82) is 0 Å². The predicted molar refractivity (Wildman–Crippen MR) is 129 cm³/mol. The maximum Gasteiger partial charge on any atom is 0.350 e. The van der Waals surface area contributed by atoms with Crippen LogP contribution in [0.15, 0.2) is 16.8 Å². The molecule has 4 atom stereocenters. The lowest BCUT2D eigenvalue weighted by molar-refractivity contribution is -0.206. The molecule has 2 rings (SSSR count). The number of carbonyl (C=O) groups excluding carboxylic acids is 5. The molecular formula is C25H30O12S. The SMILES string of the molecule is C#C[C@@]1(OC(C)=O)[C@@H](COC(Cc2ccsc2)(C(=O)OCC)C(=O)OCC)OC(OC(C)=O)[C@@H]1OC(C)=O. The summed E-state index contributed by atoms with van der Waals surface area (Å²) in [7, 11) is 0. The molecule has 0 bridgehead atoms. The number of hydrogen-bond acceptors (Lipinski definition) is 13. The van der Waals surface area contributed by atoms with Crippen LogP contribution in [0.25, 0.3) is 0 Å². The monoisotopic (exact) mass is 554 g/mol. The highest BCUT2D eigenvalue weighted by atomic mass is 32.1. The van der Waals surface area contributed by atoms with Gasteiger partial charge in [0.15, 0.2) is 0 Å². The van der Waals surface area contributed by atoms with E-state index in [-0.39, 0.29) is 19.6 Å². The molecule has 13 heteroatoms. The predicted octanol–water partition coefficient (Wildman–Crippen LogP) is 1.33. The van der Waals surface area contributed by atoms with E-state index in [2.05, 4.69) is 5.92 Å². The van der Waals surface area contributed by atoms with E-state index >= 15 is 0 Å². The lowest BCUT2D eigenvalue weighted by atomic mass is 9.91. The summed E-state index contributed by atoms with van der Waals surface area (Å²) in [6.07, 6.45) is 0.818. The average molecular weight is 555 g/mol. The van der Waals surface area contributed by atoms with Crippen molar-refractivity contribution in [2.24, 2.45) is 0 Å². The lowest BCUT2D eigenvalue weighted by Gasteiger charge is -2.34. The highest BCUT2D eigenvalue weighted by molar-refractivity contribution is 7.07. The van der Waals surface area contributed by atoms with Gasteiger partial charge in [-0.1, -0.05) is 5.92 Å². The van der Waals surface area contributed by atoms with Gasteiger partial charge in [0, 0.05) is 27.2 Å². The molecule has 0 N–H and O–H groups in total. The molecule has 0 radical (unpaired) electrons. The van der Waals surface area contributed by atoms with Gasteiger partial charge in [0.2, 0.25) is 18.0 Å². The van der Waals surface area contributed by atoms with Gasteiger partial charge in [-0.2, -0.15) is 11.3 Å². The first kappa shape index (κ1) is 30.8. The summed E-state index contributed by atoms with van der Waals surface area (Å²) in [5, 5.41) is 3.45. The summed E-state index contributed by atoms with van der Waals surface area (Å²) in [6.45, 7) is 5.49. The number of esters is 5. The second kappa shape index (κ2) is 13.4. The Labute approximate surface area is 223 Å². The van der Waals surface area contributed by atoms with Gasteiger partial charge in [-0.15, -0.1) is 6.42 Å². The Hall–Kier alpha value is -3.47. The molecule has 2 heterocycles. The molecule has 12 nitrogen and oxygen atoms in total. The molecule has 1 fully saturated rings. The van der Waals surface area contributed by atoms with Crippen LogP contribution in [0.1, 0.15) is 40.2 Å². The molecule has 1 aliphatic rings. The summed E-state index contributed by atoms with van der Waals surface area (Å²) >= 11 is 1.33. The topological polar surface area (TPSA) is 150 Å². The normalized spacial score (nSPS) is 22.6. The standard InChI is InChI=1S/C25H30O12S/c1-7-24(37-17(6)28)19(36-21(35-16(5)27)20(24)34-15(4)26)13-33-25(22(29)31-8-2,23(30)32-9-3)12-18-10-11-38-14-18/h1,10-11,14,19-21H,8-9,12-13H2,2-6H3/t19-,20+,21?,24-/m1/s1. The molecule has 0 aliphatic carbocycles. The van der Waals surface area contributed by atoms with E-state index in [0.29, 0.717) is 5.56 Å². The van der Waals surface area contributed by atoms with Crippen LogP contribution in [0.2, 0.25) is 0 Å². The van der Waals surface area contributed by atoms with Crippen molar-refractivity contribution >= 4 is 41.2 Å². The minimum Gasteiger partial charge on any atom is -0.463 e. The Morgan fingerprint density at radius 2 is 1.63 bits per heavy atom. The smallest absolute Gasteiger partial charge is 0.350 e. The Morgan fingerprint density at radius 1 is 1.03 bits per heavy atom. The number of hydrogen-bond donors (Lipinski definition) is 0. The molecule has 1 unspecified atom stereocenters. The van der Waals surface area contributed by atoms with Crippen LogP contribution >= 0.6 is 11.3 Å². The van der Waals surface area contributed by atoms with Gasteiger partial charge in [0.1, 0.15) is 6.10 Å². The van der Waals surface area contributed by atoms with Crippen LogP contribution in [-0.4, -0.2) is 79.4 Å². The molecule has 208 valence electrons. The Bertz CT molecular complexity index is 1040. The first-order valence-corrected chi connectivity index (χ1v) is 12.6. The fourth-order valence-electron chi connectivity index (χ4n) is 3.81. The maximum atomic E-state index is 13.2. The van der Waals surface area contributed by atoms with Crippen LogP contribution in [0, 0.1) is 12.3 Å². The molecule has 0 spiro atoms. The zero-order valence-corrected chi connectivity index (χ0v) is 22.5. The number of terminal acetylenes is 1. The van der Waals surface area contributed by atoms with E-state index in [1.807, 2.05) is 0 Å². The van der Waals surface area contributed by atoms with E-state index < -0.39 is 66.2 Å². The van der Waals surface area contributed by atoms with Gasteiger partial charge < -0.3 is 33.2 Å². The molecule has 0 aromatic carbocycles. The molecule has 0 saturated carbocycles. The van der Waals surface area contributed by atoms with Crippen molar-refractivity contribution in [3.8, 4) is 12.3 Å². The highest BCUT2D eigenvalue weighted by Crippen LogP contribution is 2.39. The molecule has 38 heavy (non-hydrogen) atoms. The van der Waals surface area contributed by atoms with Crippen molar-refractivity contribution in [3.63, 3.8) is 0 Å². The third kappa shape index (κ3) is 6.89. The largest absolute Gasteiger partial charge is 0.463 e. The first-order valence-electron chi connectivity index (χ1n) is 11.6. The van der Waals surface area contributed by atoms with E-state index in [1.165, 1.54) is 11.3 Å². The van der Waals surface area contributed by atoms with Crippen molar-refractivity contribution in [2.75, 3.05) is 19.8 Å². The fraction of sp³-hybridized carbons (Fsp3) is 0.560. The van der Waals surface area contributed by atoms with Gasteiger partial charge in [-0.05, 0) is 36.2 Å². The third-order valence-electron chi connectivity index (χ3n) is 5.28. The molecule has 0 amide bonds. The van der Waals surface area contributed by atoms with E-state index in [0.717, 1.165) is 20.8 Å². The second-order valence-corrected chi connectivity index (χ2v) is 8.83.